The summed E-state index contributed by atoms with van der Waals surface area (Å²) in [5, 5.41) is 0.571. The summed E-state index contributed by atoms with van der Waals surface area (Å²) in [5.74, 6) is -0.451. The lowest BCUT2D eigenvalue weighted by molar-refractivity contribution is -0.140. The van der Waals surface area contributed by atoms with Crippen LogP contribution in [0.5, 0.6) is 0 Å². The van der Waals surface area contributed by atoms with Crippen molar-refractivity contribution < 1.29 is 17.9 Å². The predicted octanol–water partition coefficient (Wildman–Crippen LogP) is 2.21. The molecular formula is C12H15ClO4S. The van der Waals surface area contributed by atoms with Crippen LogP contribution >= 0.6 is 11.6 Å². The Morgan fingerprint density at radius 3 is 2.44 bits per heavy atom. The second kappa shape index (κ2) is 6.75. The molecule has 18 heavy (non-hydrogen) atoms. The normalized spacial score (nSPS) is 11.2. The Kier molecular flexibility index (Phi) is 5.62. The van der Waals surface area contributed by atoms with Gasteiger partial charge in [0.15, 0.2) is 9.84 Å². The number of hydrogen-bond donors (Lipinski definition) is 0. The van der Waals surface area contributed by atoms with Crippen LogP contribution in [-0.4, -0.2) is 27.2 Å². The number of methoxy groups -OCH3 is 1. The van der Waals surface area contributed by atoms with Crippen LogP contribution in [0.3, 0.4) is 0 Å². The van der Waals surface area contributed by atoms with E-state index in [1.807, 2.05) is 0 Å². The topological polar surface area (TPSA) is 60.4 Å². The summed E-state index contributed by atoms with van der Waals surface area (Å²) in [6.07, 6.45) is 0.402. The van der Waals surface area contributed by atoms with Crippen LogP contribution in [0, 0.1) is 0 Å². The first kappa shape index (κ1) is 15.0. The van der Waals surface area contributed by atoms with Gasteiger partial charge >= 0.3 is 5.97 Å². The van der Waals surface area contributed by atoms with Gasteiger partial charge in [0.2, 0.25) is 0 Å². The number of benzene rings is 1. The molecule has 0 N–H and O–H groups in total. The Bertz CT molecular complexity index is 493. The molecule has 0 unspecified atom stereocenters. The molecule has 0 aliphatic heterocycles. The van der Waals surface area contributed by atoms with Crippen molar-refractivity contribution in [1.82, 2.24) is 0 Å². The highest BCUT2D eigenvalue weighted by molar-refractivity contribution is 7.90. The number of esters is 1. The lowest BCUT2D eigenvalue weighted by atomic mass is 10.2. The minimum Gasteiger partial charge on any atom is -0.469 e. The summed E-state index contributed by atoms with van der Waals surface area (Å²) in [6.45, 7) is 0. The van der Waals surface area contributed by atoms with Crippen LogP contribution in [0.15, 0.2) is 24.3 Å². The molecule has 0 saturated heterocycles. The van der Waals surface area contributed by atoms with Crippen molar-refractivity contribution in [3.8, 4) is 0 Å². The molecule has 0 fully saturated rings. The van der Waals surface area contributed by atoms with Crippen LogP contribution in [0.4, 0.5) is 0 Å². The fourth-order valence-electron chi connectivity index (χ4n) is 1.45. The van der Waals surface area contributed by atoms with E-state index >= 15 is 0 Å². The van der Waals surface area contributed by atoms with Crippen molar-refractivity contribution in [2.75, 3.05) is 12.9 Å². The molecule has 1 aromatic carbocycles. The van der Waals surface area contributed by atoms with E-state index in [-0.39, 0.29) is 24.3 Å². The van der Waals surface area contributed by atoms with Crippen molar-refractivity contribution in [3.05, 3.63) is 34.9 Å². The SMILES string of the molecule is COC(=O)CCCS(=O)(=O)Cc1ccc(Cl)cc1. The van der Waals surface area contributed by atoms with E-state index < -0.39 is 15.8 Å². The maximum atomic E-state index is 11.8. The molecule has 0 bridgehead atoms. The van der Waals surface area contributed by atoms with Gasteiger partial charge in [0.1, 0.15) is 0 Å². The molecule has 1 rings (SSSR count). The highest BCUT2D eigenvalue weighted by atomic mass is 35.5. The smallest absolute Gasteiger partial charge is 0.305 e. The van der Waals surface area contributed by atoms with Crippen molar-refractivity contribution in [1.29, 1.82) is 0 Å². The second-order valence-corrected chi connectivity index (χ2v) is 6.52. The Morgan fingerprint density at radius 1 is 1.28 bits per heavy atom. The summed E-state index contributed by atoms with van der Waals surface area (Å²) >= 11 is 5.72. The maximum absolute atomic E-state index is 11.8. The van der Waals surface area contributed by atoms with Gasteiger partial charge in [-0.25, -0.2) is 8.42 Å². The lowest BCUT2D eigenvalue weighted by Crippen LogP contribution is -2.11. The molecule has 1 aromatic rings. The molecule has 0 aromatic heterocycles. The summed E-state index contributed by atoms with van der Waals surface area (Å²) in [6, 6.07) is 6.67. The number of hydrogen-bond acceptors (Lipinski definition) is 4. The average molecular weight is 291 g/mol. The van der Waals surface area contributed by atoms with Crippen LogP contribution in [0.2, 0.25) is 5.02 Å². The molecule has 6 heteroatoms. The quantitative estimate of drug-likeness (QED) is 0.754. The number of sulfone groups is 1. The first-order valence-corrected chi connectivity index (χ1v) is 7.64. The van der Waals surface area contributed by atoms with E-state index in [0.29, 0.717) is 10.6 Å². The van der Waals surface area contributed by atoms with E-state index in [9.17, 15) is 13.2 Å². The fourth-order valence-corrected chi connectivity index (χ4v) is 3.00. The third-order valence-corrected chi connectivity index (χ3v) is 4.30. The van der Waals surface area contributed by atoms with Gasteiger partial charge in [0.25, 0.3) is 0 Å². The van der Waals surface area contributed by atoms with E-state index in [2.05, 4.69) is 4.74 Å². The van der Waals surface area contributed by atoms with E-state index in [4.69, 9.17) is 11.6 Å². The van der Waals surface area contributed by atoms with Gasteiger partial charge in [0.05, 0.1) is 18.6 Å². The molecule has 4 nitrogen and oxygen atoms in total. The number of ether oxygens (including phenoxy) is 1. The van der Waals surface area contributed by atoms with Gasteiger partial charge in [0, 0.05) is 11.4 Å². The number of halogens is 1. The molecule has 0 aliphatic rings. The molecular weight excluding hydrogens is 276 g/mol. The average Bonchev–Trinajstić information content (AvgIpc) is 2.31. The Hall–Kier alpha value is -1.07. The minimum absolute atomic E-state index is 0.0231. The molecule has 0 heterocycles. The third-order valence-electron chi connectivity index (χ3n) is 2.36. The van der Waals surface area contributed by atoms with Gasteiger partial charge < -0.3 is 4.74 Å². The zero-order valence-corrected chi connectivity index (χ0v) is 11.6. The molecule has 0 atom stereocenters. The van der Waals surface area contributed by atoms with Gasteiger partial charge in [-0.3, -0.25) is 4.79 Å². The standard InChI is InChI=1S/C12H15ClO4S/c1-17-12(14)3-2-8-18(15,16)9-10-4-6-11(13)7-5-10/h4-7H,2-3,8-9H2,1H3. The summed E-state index contributed by atoms with van der Waals surface area (Å²) < 4.78 is 28.0. The first-order chi connectivity index (χ1) is 8.43. The number of rotatable bonds is 6. The molecule has 0 aliphatic carbocycles. The number of carbonyl (C=O) groups is 1. The molecule has 100 valence electrons. The van der Waals surface area contributed by atoms with E-state index in [1.54, 1.807) is 24.3 Å². The van der Waals surface area contributed by atoms with Gasteiger partial charge in [-0.15, -0.1) is 0 Å². The van der Waals surface area contributed by atoms with E-state index in [0.717, 1.165) is 0 Å². The molecule has 0 saturated carbocycles. The van der Waals surface area contributed by atoms with E-state index in [1.165, 1.54) is 7.11 Å². The van der Waals surface area contributed by atoms with Crippen molar-refractivity contribution in [2.24, 2.45) is 0 Å². The largest absolute Gasteiger partial charge is 0.469 e. The van der Waals surface area contributed by atoms with Crippen LogP contribution in [0.1, 0.15) is 18.4 Å². The third kappa shape index (κ3) is 5.51. The zero-order chi connectivity index (χ0) is 13.6. The monoisotopic (exact) mass is 290 g/mol. The fraction of sp³-hybridized carbons (Fsp3) is 0.417. The highest BCUT2D eigenvalue weighted by Crippen LogP contribution is 2.13. The molecule has 0 spiro atoms. The zero-order valence-electron chi connectivity index (χ0n) is 10.1. The first-order valence-electron chi connectivity index (χ1n) is 5.44. The van der Waals surface area contributed by atoms with Crippen molar-refractivity contribution in [3.63, 3.8) is 0 Å². The highest BCUT2D eigenvalue weighted by Gasteiger charge is 2.13. The van der Waals surface area contributed by atoms with Crippen LogP contribution < -0.4 is 0 Å². The summed E-state index contributed by atoms with van der Waals surface area (Å²) in [4.78, 5) is 10.9. The maximum Gasteiger partial charge on any atom is 0.305 e. The number of carbonyl (C=O) groups excluding carboxylic acids is 1. The van der Waals surface area contributed by atoms with Gasteiger partial charge in [-0.05, 0) is 24.1 Å². The summed E-state index contributed by atoms with van der Waals surface area (Å²) in [5.41, 5.74) is 0.692. The molecule has 0 radical (unpaired) electrons. The lowest BCUT2D eigenvalue weighted by Gasteiger charge is -2.04. The van der Waals surface area contributed by atoms with Crippen molar-refractivity contribution in [2.45, 2.75) is 18.6 Å². The predicted molar refractivity (Wildman–Crippen MR) is 70.2 cm³/mol. The van der Waals surface area contributed by atoms with Crippen molar-refractivity contribution >= 4 is 27.4 Å². The summed E-state index contributed by atoms with van der Waals surface area (Å²) in [7, 11) is -1.92. The Balaban J connectivity index is 2.49. The van der Waals surface area contributed by atoms with Crippen LogP contribution in [0.25, 0.3) is 0 Å². The van der Waals surface area contributed by atoms with Gasteiger partial charge in [-0.1, -0.05) is 23.7 Å². The second-order valence-electron chi connectivity index (χ2n) is 3.90. The Labute approximate surface area is 112 Å². The minimum atomic E-state index is -3.20. The Morgan fingerprint density at radius 2 is 1.89 bits per heavy atom. The van der Waals surface area contributed by atoms with Gasteiger partial charge in [-0.2, -0.15) is 0 Å². The van der Waals surface area contributed by atoms with Crippen LogP contribution in [-0.2, 0) is 25.1 Å². The molecule has 0 amide bonds.